The highest BCUT2D eigenvalue weighted by atomic mass is 32.2. The van der Waals surface area contributed by atoms with Crippen molar-refractivity contribution in [2.24, 2.45) is 5.92 Å². The van der Waals surface area contributed by atoms with Crippen molar-refractivity contribution in [3.8, 4) is 0 Å². The molecule has 6 rings (SSSR count). The average Bonchev–Trinajstić information content (AvgIpc) is 3.06. The molecule has 2 atom stereocenters. The van der Waals surface area contributed by atoms with Crippen LogP contribution in [-0.2, 0) is 14.8 Å². The Morgan fingerprint density at radius 1 is 0.750 bits per heavy atom. The minimum atomic E-state index is -3.87. The fourth-order valence-electron chi connectivity index (χ4n) is 6.80. The van der Waals surface area contributed by atoms with Gasteiger partial charge in [0.2, 0.25) is 15.9 Å². The fraction of sp³-hybridized carbons (Fsp3) is 0.361. The van der Waals surface area contributed by atoms with Gasteiger partial charge in [0.15, 0.2) is 0 Å². The van der Waals surface area contributed by atoms with Gasteiger partial charge < -0.3 is 9.80 Å². The average molecular weight is 611 g/mol. The Kier molecular flexibility index (Phi) is 9.42. The summed E-state index contributed by atoms with van der Waals surface area (Å²) in [6.45, 7) is 5.59. The van der Waals surface area contributed by atoms with E-state index in [4.69, 9.17) is 0 Å². The molecule has 2 saturated heterocycles. The topological polar surface area (TPSA) is 73.0 Å². The molecule has 0 spiro atoms. The molecule has 1 N–H and O–H groups in total. The van der Waals surface area contributed by atoms with E-state index >= 15 is 0 Å². The van der Waals surface area contributed by atoms with Crippen LogP contribution < -0.4 is 4.72 Å². The molecule has 0 saturated carbocycles. The van der Waals surface area contributed by atoms with Crippen molar-refractivity contribution in [1.29, 1.82) is 0 Å². The van der Waals surface area contributed by atoms with Crippen LogP contribution >= 0.6 is 0 Å². The van der Waals surface area contributed by atoms with Crippen molar-refractivity contribution >= 4 is 26.7 Å². The zero-order valence-electron chi connectivity index (χ0n) is 25.4. The second kappa shape index (κ2) is 13.6. The van der Waals surface area contributed by atoms with E-state index in [0.717, 1.165) is 55.4 Å². The number of sulfonamides is 1. The number of hydrogen-bond donors (Lipinski definition) is 1. The monoisotopic (exact) mass is 610 g/mol. The van der Waals surface area contributed by atoms with Gasteiger partial charge in [-0.3, -0.25) is 9.69 Å². The molecule has 2 fully saturated rings. The number of nitrogens with zero attached hydrogens (tertiary/aromatic N) is 3. The van der Waals surface area contributed by atoms with E-state index in [9.17, 15) is 13.2 Å². The molecule has 2 unspecified atom stereocenters. The fourth-order valence-corrected chi connectivity index (χ4v) is 8.06. The van der Waals surface area contributed by atoms with Gasteiger partial charge in [-0.15, -0.1) is 0 Å². The van der Waals surface area contributed by atoms with Crippen molar-refractivity contribution in [2.75, 3.05) is 46.3 Å². The van der Waals surface area contributed by atoms with Gasteiger partial charge in [-0.2, -0.15) is 0 Å². The zero-order chi connectivity index (χ0) is 30.5. The number of carbonyl (C=O) groups excluding carboxylic acids is 1. The molecule has 0 bridgehead atoms. The Morgan fingerprint density at radius 2 is 1.34 bits per heavy atom. The third kappa shape index (κ3) is 7.05. The summed E-state index contributed by atoms with van der Waals surface area (Å²) < 4.78 is 30.1. The minimum Gasteiger partial charge on any atom is -0.343 e. The predicted molar refractivity (Wildman–Crippen MR) is 176 cm³/mol. The third-order valence-electron chi connectivity index (χ3n) is 9.32. The number of piperidine rings is 1. The van der Waals surface area contributed by atoms with Crippen molar-refractivity contribution < 1.29 is 13.2 Å². The lowest BCUT2D eigenvalue weighted by Gasteiger charge is -2.44. The molecular weight excluding hydrogens is 568 g/mol. The lowest BCUT2D eigenvalue weighted by Crippen LogP contribution is -2.49. The number of rotatable bonds is 9. The number of hydrogen-bond acceptors (Lipinski definition) is 5. The van der Waals surface area contributed by atoms with Crippen molar-refractivity contribution in [2.45, 2.75) is 36.2 Å². The van der Waals surface area contributed by atoms with Crippen molar-refractivity contribution in [3.05, 3.63) is 114 Å². The lowest BCUT2D eigenvalue weighted by molar-refractivity contribution is -0.133. The van der Waals surface area contributed by atoms with Crippen LogP contribution in [0.5, 0.6) is 0 Å². The van der Waals surface area contributed by atoms with Gasteiger partial charge >= 0.3 is 0 Å². The highest BCUT2D eigenvalue weighted by molar-refractivity contribution is 7.89. The minimum absolute atomic E-state index is 0.0191. The smallest absolute Gasteiger partial charge is 0.241 e. The van der Waals surface area contributed by atoms with Crippen molar-refractivity contribution in [1.82, 2.24) is 19.4 Å². The summed E-state index contributed by atoms with van der Waals surface area (Å²) in [7, 11) is -1.69. The van der Waals surface area contributed by atoms with E-state index in [-0.39, 0.29) is 17.2 Å². The van der Waals surface area contributed by atoms with E-state index in [1.807, 2.05) is 65.6 Å². The Morgan fingerprint density at radius 3 is 2.00 bits per heavy atom. The normalized spacial score (nSPS) is 18.7. The first kappa shape index (κ1) is 30.5. The SMILES string of the molecule is CN1CCN(C(c2ccccc2)C2CCN(C(=O)CC(NS(=O)(=O)c3ccc4ccccc4c3)c3ccccc3)CC2)CC1. The zero-order valence-corrected chi connectivity index (χ0v) is 26.2. The molecule has 0 radical (unpaired) electrons. The number of piperazine rings is 1. The first-order valence-electron chi connectivity index (χ1n) is 15.7. The highest BCUT2D eigenvalue weighted by Crippen LogP contribution is 2.36. The molecule has 0 aliphatic carbocycles. The van der Waals surface area contributed by atoms with E-state index in [1.54, 1.807) is 12.1 Å². The molecule has 4 aromatic rings. The standard InChI is InChI=1S/C36H42N4O3S/c1-38-22-24-40(25-23-38)36(30-13-6-3-7-14-30)31-18-20-39(21-19-31)35(41)27-34(29-11-4-2-5-12-29)37-44(42,43)33-17-16-28-10-8-9-15-32(28)26-33/h2-17,26,31,34,36-37H,18-25,27H2,1H3. The maximum absolute atomic E-state index is 13.7. The van der Waals surface area contributed by atoms with E-state index in [0.29, 0.717) is 25.0 Å². The van der Waals surface area contributed by atoms with Gasteiger partial charge in [0.1, 0.15) is 0 Å². The van der Waals surface area contributed by atoms with Crippen LogP contribution in [0.4, 0.5) is 0 Å². The molecule has 230 valence electrons. The van der Waals surface area contributed by atoms with Crippen LogP contribution in [0, 0.1) is 5.92 Å². The molecule has 0 aromatic heterocycles. The number of amides is 1. The van der Waals surface area contributed by atoms with Crippen LogP contribution in [0.15, 0.2) is 108 Å². The van der Waals surface area contributed by atoms with Gasteiger partial charge in [-0.1, -0.05) is 91.0 Å². The van der Waals surface area contributed by atoms with Crippen LogP contribution in [0.3, 0.4) is 0 Å². The number of fused-ring (bicyclic) bond motifs is 1. The first-order valence-corrected chi connectivity index (χ1v) is 17.2. The molecule has 1 amide bonds. The highest BCUT2D eigenvalue weighted by Gasteiger charge is 2.35. The van der Waals surface area contributed by atoms with Gasteiger partial charge in [-0.05, 0) is 59.8 Å². The van der Waals surface area contributed by atoms with E-state index in [2.05, 4.69) is 51.9 Å². The maximum atomic E-state index is 13.7. The third-order valence-corrected chi connectivity index (χ3v) is 10.8. The summed E-state index contributed by atoms with van der Waals surface area (Å²) in [5.74, 6) is 0.440. The van der Waals surface area contributed by atoms with Gasteiger partial charge in [0.25, 0.3) is 0 Å². The number of benzene rings is 4. The van der Waals surface area contributed by atoms with E-state index in [1.165, 1.54) is 5.56 Å². The predicted octanol–water partition coefficient (Wildman–Crippen LogP) is 5.48. The number of nitrogens with one attached hydrogen (secondary N) is 1. The maximum Gasteiger partial charge on any atom is 0.241 e. The number of likely N-dealkylation sites (tertiary alicyclic amines) is 1. The Balaban J connectivity index is 1.15. The molecule has 2 aliphatic heterocycles. The lowest BCUT2D eigenvalue weighted by atomic mass is 9.83. The number of likely N-dealkylation sites (N-methyl/N-ethyl adjacent to an activating group) is 1. The van der Waals surface area contributed by atoms with Crippen LogP contribution in [0.25, 0.3) is 10.8 Å². The van der Waals surface area contributed by atoms with Gasteiger partial charge in [0.05, 0.1) is 10.9 Å². The Hall–Kier alpha value is -3.56. The quantitative estimate of drug-likeness (QED) is 0.272. The van der Waals surface area contributed by atoms with Crippen LogP contribution in [0.2, 0.25) is 0 Å². The molecule has 44 heavy (non-hydrogen) atoms. The van der Waals surface area contributed by atoms with Gasteiger partial charge in [0, 0.05) is 51.7 Å². The summed E-state index contributed by atoms with van der Waals surface area (Å²) >= 11 is 0. The van der Waals surface area contributed by atoms with Crippen LogP contribution in [0.1, 0.15) is 42.5 Å². The summed E-state index contributed by atoms with van der Waals surface area (Å²) in [5, 5.41) is 1.84. The summed E-state index contributed by atoms with van der Waals surface area (Å²) in [6, 6.07) is 32.7. The van der Waals surface area contributed by atoms with Gasteiger partial charge in [-0.25, -0.2) is 13.1 Å². The summed E-state index contributed by atoms with van der Waals surface area (Å²) in [5.41, 5.74) is 2.13. The molecule has 2 heterocycles. The summed E-state index contributed by atoms with van der Waals surface area (Å²) in [6.07, 6.45) is 1.93. The second-order valence-corrected chi connectivity index (χ2v) is 13.9. The second-order valence-electron chi connectivity index (χ2n) is 12.2. The molecular formula is C36H42N4O3S. The number of carbonyl (C=O) groups is 1. The summed E-state index contributed by atoms with van der Waals surface area (Å²) in [4.78, 5) is 20.9. The molecule has 4 aromatic carbocycles. The van der Waals surface area contributed by atoms with Crippen LogP contribution in [-0.4, -0.2) is 75.3 Å². The molecule has 2 aliphatic rings. The Labute approximate surface area is 261 Å². The largest absolute Gasteiger partial charge is 0.343 e. The van der Waals surface area contributed by atoms with Crippen molar-refractivity contribution in [3.63, 3.8) is 0 Å². The first-order chi connectivity index (χ1) is 21.4. The molecule has 7 nitrogen and oxygen atoms in total. The Bertz CT molecular complexity index is 1650. The molecule has 8 heteroatoms. The van der Waals surface area contributed by atoms with E-state index < -0.39 is 16.1 Å².